The Morgan fingerprint density at radius 2 is 1.30 bits per heavy atom. The van der Waals surface area contributed by atoms with E-state index < -0.39 is 0 Å². The predicted octanol–water partition coefficient (Wildman–Crippen LogP) is 7.44. The van der Waals surface area contributed by atoms with Crippen LogP contribution in [-0.2, 0) is 0 Å². The van der Waals surface area contributed by atoms with Crippen LogP contribution in [0.3, 0.4) is 0 Å². The number of nitrogens with zero attached hydrogens (tertiary/aromatic N) is 1. The summed E-state index contributed by atoms with van der Waals surface area (Å²) in [6.07, 6.45) is 1.69. The number of nitrogens with one attached hydrogen (secondary N) is 1. The highest BCUT2D eigenvalue weighted by Gasteiger charge is 1.96. The van der Waals surface area contributed by atoms with Crippen molar-refractivity contribution in [2.45, 2.75) is 26.5 Å². The lowest BCUT2D eigenvalue weighted by atomic mass is 10.4. The second-order valence-corrected chi connectivity index (χ2v) is 10.4. The number of rotatable bonds is 6. The van der Waals surface area contributed by atoms with Gasteiger partial charge < -0.3 is 4.98 Å². The number of aromatic nitrogens is 2. The van der Waals surface area contributed by atoms with Crippen LogP contribution in [0.15, 0.2) is 80.4 Å². The summed E-state index contributed by atoms with van der Waals surface area (Å²) in [5.74, 6) is 5.14. The average molecular weight is 531 g/mol. The summed E-state index contributed by atoms with van der Waals surface area (Å²) in [4.78, 5) is 11.2. The van der Waals surface area contributed by atoms with Gasteiger partial charge >= 0.3 is 0 Å². The molecule has 0 spiro atoms. The normalized spacial score (nSPS) is 9.77. The third kappa shape index (κ3) is 14.0. The van der Waals surface area contributed by atoms with Gasteiger partial charge in [-0.2, -0.15) is 37.0 Å². The fourth-order valence-electron chi connectivity index (χ4n) is 1.86. The first-order valence-corrected chi connectivity index (χ1v) is 13.6. The first-order valence-electron chi connectivity index (χ1n) is 9.02. The smallest absolute Gasteiger partial charge is 0.106 e. The number of hydrogen-bond acceptors (Lipinski definition) is 8. The Morgan fingerprint density at radius 1 is 0.833 bits per heavy atom. The first kappa shape index (κ1) is 27.9. The molecule has 3 rings (SSSR count). The predicted molar refractivity (Wildman–Crippen MR) is 151 cm³/mol. The highest BCUT2D eigenvalue weighted by Crippen LogP contribution is 2.28. The Morgan fingerprint density at radius 3 is 1.63 bits per heavy atom. The van der Waals surface area contributed by atoms with Gasteiger partial charge in [0.15, 0.2) is 0 Å². The van der Waals surface area contributed by atoms with Crippen molar-refractivity contribution in [1.82, 2.24) is 9.97 Å². The number of thiol groups is 4. The molecule has 0 aliphatic rings. The lowest BCUT2D eigenvalue weighted by molar-refractivity contribution is 1.04. The van der Waals surface area contributed by atoms with Crippen LogP contribution in [0.5, 0.6) is 0 Å². The van der Waals surface area contributed by atoms with Crippen LogP contribution in [0.1, 0.15) is 5.82 Å². The van der Waals surface area contributed by atoms with Crippen LogP contribution in [0, 0.1) is 11.6 Å². The van der Waals surface area contributed by atoms with Gasteiger partial charge in [0.1, 0.15) is 10.5 Å². The van der Waals surface area contributed by atoms with Gasteiger partial charge in [-0.15, -0.1) is 25.3 Å². The number of hydrogen-bond donors (Lipinski definition) is 5. The van der Waals surface area contributed by atoms with E-state index >= 15 is 0 Å². The molecule has 1 aromatic heterocycles. The molecule has 0 radical (unpaired) electrons. The second kappa shape index (κ2) is 17.4. The summed E-state index contributed by atoms with van der Waals surface area (Å²) in [6, 6.07) is 18.0. The van der Waals surface area contributed by atoms with E-state index in [9.17, 15) is 0 Å². The van der Waals surface area contributed by atoms with Gasteiger partial charge in [-0.25, -0.2) is 4.98 Å². The molecule has 162 valence electrons. The molecule has 0 fully saturated rings. The Labute approximate surface area is 215 Å². The summed E-state index contributed by atoms with van der Waals surface area (Å²) in [7, 11) is 0. The largest absolute Gasteiger partial charge is 0.335 e. The maximum Gasteiger partial charge on any atom is 0.106 e. The van der Waals surface area contributed by atoms with E-state index in [1.165, 1.54) is 9.79 Å². The minimum absolute atomic E-state index is 0.734. The van der Waals surface area contributed by atoms with E-state index in [0.717, 1.165) is 43.3 Å². The monoisotopic (exact) mass is 530 g/mol. The summed E-state index contributed by atoms with van der Waals surface area (Å²) < 4.78 is 0.734. The number of aryl methyl sites for hydroxylation is 1. The molecular formula is C21H26N2S7. The van der Waals surface area contributed by atoms with E-state index in [-0.39, 0.29) is 0 Å². The van der Waals surface area contributed by atoms with Crippen molar-refractivity contribution in [2.24, 2.45) is 0 Å². The lowest BCUT2D eigenvalue weighted by Gasteiger charge is -2.01. The maximum atomic E-state index is 4.80. The summed E-state index contributed by atoms with van der Waals surface area (Å²) in [5, 5.41) is 0. The van der Waals surface area contributed by atoms with Crippen LogP contribution in [0.2, 0.25) is 0 Å². The van der Waals surface area contributed by atoms with Crippen LogP contribution in [0.4, 0.5) is 0 Å². The molecule has 30 heavy (non-hydrogen) atoms. The molecule has 3 aromatic rings. The summed E-state index contributed by atoms with van der Waals surface area (Å²) in [6.45, 7) is 1.87. The molecule has 0 atom stereocenters. The SMILES string of the molecule is Cc1nccc(=S)[nH]1.SCCSCCS.Sc1ccc(Sc2ccc(S)cc2)cc1. The van der Waals surface area contributed by atoms with Gasteiger partial charge in [-0.05, 0) is 73.0 Å². The highest BCUT2D eigenvalue weighted by molar-refractivity contribution is 8.00. The van der Waals surface area contributed by atoms with Gasteiger partial charge in [0.05, 0.1) is 0 Å². The minimum atomic E-state index is 0.734. The molecule has 2 aromatic carbocycles. The molecule has 9 heteroatoms. The van der Waals surface area contributed by atoms with Crippen molar-refractivity contribution in [1.29, 1.82) is 0 Å². The molecule has 1 heterocycles. The zero-order chi connectivity index (χ0) is 22.2. The molecule has 0 unspecified atom stereocenters. The third-order valence-corrected chi connectivity index (χ3v) is 7.07. The fourth-order valence-corrected chi connectivity index (χ4v) is 4.42. The standard InChI is InChI=1S/C12H10S3.C5H6N2S.C4H10S3/c13-9-1-5-11(6-2-9)15-12-7-3-10(14)4-8-12;1-4-6-3-2-5(8)7-4;5-1-3-7-4-2-6/h1-8,13-14H;2-3H,1H3,(H,6,7,8);5-6H,1-4H2. The van der Waals surface area contributed by atoms with Gasteiger partial charge in [-0.1, -0.05) is 24.0 Å². The minimum Gasteiger partial charge on any atom is -0.335 e. The van der Waals surface area contributed by atoms with Crippen molar-refractivity contribution in [3.05, 3.63) is 71.3 Å². The lowest BCUT2D eigenvalue weighted by Crippen LogP contribution is -1.83. The Bertz CT molecular complexity index is 833. The van der Waals surface area contributed by atoms with E-state index in [4.69, 9.17) is 12.2 Å². The maximum absolute atomic E-state index is 4.80. The summed E-state index contributed by atoms with van der Waals surface area (Å²) >= 11 is 25.0. The van der Waals surface area contributed by atoms with Crippen molar-refractivity contribution < 1.29 is 0 Å². The van der Waals surface area contributed by atoms with Gasteiger partial charge in [0.2, 0.25) is 0 Å². The van der Waals surface area contributed by atoms with E-state index in [2.05, 4.69) is 84.7 Å². The number of H-pyrrole nitrogens is 1. The molecule has 1 N–H and O–H groups in total. The van der Waals surface area contributed by atoms with Gasteiger partial charge in [0.25, 0.3) is 0 Å². The van der Waals surface area contributed by atoms with Crippen molar-refractivity contribution in [3.8, 4) is 0 Å². The van der Waals surface area contributed by atoms with Crippen LogP contribution >= 0.6 is 86.3 Å². The fraction of sp³-hybridized carbons (Fsp3) is 0.238. The molecule has 0 aliphatic carbocycles. The van der Waals surface area contributed by atoms with Crippen molar-refractivity contribution >= 4 is 86.3 Å². The van der Waals surface area contributed by atoms with Crippen LogP contribution in [0.25, 0.3) is 0 Å². The van der Waals surface area contributed by atoms with Gasteiger partial charge in [0, 0.05) is 37.3 Å². The van der Waals surface area contributed by atoms with Crippen molar-refractivity contribution in [2.75, 3.05) is 23.0 Å². The molecular weight excluding hydrogens is 505 g/mol. The van der Waals surface area contributed by atoms with E-state index in [0.29, 0.717) is 0 Å². The van der Waals surface area contributed by atoms with Crippen LogP contribution < -0.4 is 0 Å². The number of aromatic amines is 1. The van der Waals surface area contributed by atoms with E-state index in [1.807, 2.05) is 43.0 Å². The Kier molecular flexibility index (Phi) is 16.2. The molecule has 0 saturated carbocycles. The molecule has 0 amide bonds. The van der Waals surface area contributed by atoms with Crippen molar-refractivity contribution in [3.63, 3.8) is 0 Å². The van der Waals surface area contributed by atoms with E-state index in [1.54, 1.807) is 24.0 Å². The quantitative estimate of drug-likeness (QED) is 0.130. The molecule has 0 saturated heterocycles. The first-order chi connectivity index (χ1) is 14.4. The Hall–Kier alpha value is -0.160. The summed E-state index contributed by atoms with van der Waals surface area (Å²) in [5.41, 5.74) is 0. The molecule has 0 aliphatic heterocycles. The molecule has 0 bridgehead atoms. The average Bonchev–Trinajstić information content (AvgIpc) is 2.73. The molecule has 2 nitrogen and oxygen atoms in total. The van der Waals surface area contributed by atoms with Crippen LogP contribution in [-0.4, -0.2) is 33.0 Å². The van der Waals surface area contributed by atoms with Gasteiger partial charge in [-0.3, -0.25) is 0 Å². The zero-order valence-corrected chi connectivity index (χ0v) is 22.6. The topological polar surface area (TPSA) is 28.7 Å². The Balaban J connectivity index is 0.000000254. The highest BCUT2D eigenvalue weighted by atomic mass is 32.2. The number of benzene rings is 2. The third-order valence-electron chi connectivity index (χ3n) is 3.18. The zero-order valence-electron chi connectivity index (χ0n) is 16.6. The number of thioether (sulfide) groups is 1. The second-order valence-electron chi connectivity index (χ2n) is 5.67.